The van der Waals surface area contributed by atoms with E-state index in [1.54, 1.807) is 7.11 Å². The van der Waals surface area contributed by atoms with Gasteiger partial charge in [0, 0.05) is 28.4 Å². The first-order chi connectivity index (χ1) is 13.6. The van der Waals surface area contributed by atoms with Gasteiger partial charge in [-0.1, -0.05) is 18.0 Å². The van der Waals surface area contributed by atoms with Gasteiger partial charge < -0.3 is 15.0 Å². The predicted molar refractivity (Wildman–Crippen MR) is 119 cm³/mol. The first kappa shape index (κ1) is 19.3. The number of nitrogens with one attached hydrogen (secondary N) is 1. The standard InChI is InChI=1S/C23H28ClN3O/c1-16(10-13-27-11-4-3-5-12-27)25-23-19-8-6-17(24)14-22(19)26-21-9-7-18(28-2)15-20(21)23/h6-9,14-16H,3-5,10-13H2,1-2H3,(H,25,26). The van der Waals surface area contributed by atoms with Crippen LogP contribution in [0.1, 0.15) is 32.6 Å². The van der Waals surface area contributed by atoms with Gasteiger partial charge in [0.05, 0.1) is 23.8 Å². The molecule has 1 atom stereocenters. The minimum atomic E-state index is 0.359. The van der Waals surface area contributed by atoms with Crippen molar-refractivity contribution in [2.45, 2.75) is 38.6 Å². The molecule has 0 bridgehead atoms. The third-order valence-corrected chi connectivity index (χ3v) is 5.90. The number of rotatable bonds is 6. The first-order valence-electron chi connectivity index (χ1n) is 10.2. The third kappa shape index (κ3) is 4.18. The highest BCUT2D eigenvalue weighted by Crippen LogP contribution is 2.34. The fourth-order valence-corrected chi connectivity index (χ4v) is 4.22. The van der Waals surface area contributed by atoms with Crippen molar-refractivity contribution in [3.05, 3.63) is 41.4 Å². The van der Waals surface area contributed by atoms with Crippen molar-refractivity contribution >= 4 is 39.1 Å². The maximum Gasteiger partial charge on any atom is 0.119 e. The van der Waals surface area contributed by atoms with E-state index in [9.17, 15) is 0 Å². The minimum Gasteiger partial charge on any atom is -0.497 e. The lowest BCUT2D eigenvalue weighted by Gasteiger charge is -2.28. The molecule has 1 unspecified atom stereocenters. The normalized spacial score (nSPS) is 16.4. The number of methoxy groups -OCH3 is 1. The number of ether oxygens (including phenoxy) is 1. The number of benzene rings is 2. The molecule has 0 radical (unpaired) electrons. The fraction of sp³-hybridized carbons (Fsp3) is 0.435. The summed E-state index contributed by atoms with van der Waals surface area (Å²) in [5.41, 5.74) is 2.97. The van der Waals surface area contributed by atoms with Crippen LogP contribution < -0.4 is 10.1 Å². The molecule has 2 heterocycles. The topological polar surface area (TPSA) is 37.4 Å². The molecule has 1 aromatic heterocycles. The number of pyridine rings is 1. The van der Waals surface area contributed by atoms with E-state index >= 15 is 0 Å². The highest BCUT2D eigenvalue weighted by molar-refractivity contribution is 6.31. The lowest BCUT2D eigenvalue weighted by Crippen LogP contribution is -2.33. The number of hydrogen-bond acceptors (Lipinski definition) is 4. The van der Waals surface area contributed by atoms with E-state index in [1.807, 2.05) is 24.3 Å². The van der Waals surface area contributed by atoms with E-state index in [2.05, 4.69) is 29.3 Å². The Morgan fingerprint density at radius 2 is 1.89 bits per heavy atom. The summed E-state index contributed by atoms with van der Waals surface area (Å²) in [6.45, 7) is 5.88. The SMILES string of the molecule is COc1ccc2nc3cc(Cl)ccc3c(NC(C)CCN3CCCCC3)c2c1. The Morgan fingerprint density at radius 1 is 1.07 bits per heavy atom. The molecule has 1 N–H and O–H groups in total. The second-order valence-electron chi connectivity index (χ2n) is 7.77. The second kappa shape index (κ2) is 8.54. The van der Waals surface area contributed by atoms with Crippen LogP contribution in [-0.2, 0) is 0 Å². The third-order valence-electron chi connectivity index (χ3n) is 5.66. The number of anilines is 1. The van der Waals surface area contributed by atoms with Crippen molar-refractivity contribution < 1.29 is 4.74 Å². The maximum atomic E-state index is 6.23. The van der Waals surface area contributed by atoms with Gasteiger partial charge in [-0.2, -0.15) is 0 Å². The largest absolute Gasteiger partial charge is 0.497 e. The van der Waals surface area contributed by atoms with Crippen molar-refractivity contribution in [2.24, 2.45) is 0 Å². The zero-order valence-electron chi connectivity index (χ0n) is 16.7. The number of hydrogen-bond donors (Lipinski definition) is 1. The summed E-state index contributed by atoms with van der Waals surface area (Å²) < 4.78 is 5.46. The zero-order valence-corrected chi connectivity index (χ0v) is 17.4. The predicted octanol–water partition coefficient (Wildman–Crippen LogP) is 5.73. The van der Waals surface area contributed by atoms with Gasteiger partial charge in [-0.25, -0.2) is 4.98 Å². The number of halogens is 1. The Labute approximate surface area is 171 Å². The molecule has 0 spiro atoms. The van der Waals surface area contributed by atoms with Crippen molar-refractivity contribution in [2.75, 3.05) is 32.1 Å². The lowest BCUT2D eigenvalue weighted by atomic mass is 10.1. The van der Waals surface area contributed by atoms with Crippen LogP contribution in [0.5, 0.6) is 5.75 Å². The second-order valence-corrected chi connectivity index (χ2v) is 8.20. The van der Waals surface area contributed by atoms with Crippen LogP contribution in [-0.4, -0.2) is 42.7 Å². The molecular weight excluding hydrogens is 370 g/mol. The maximum absolute atomic E-state index is 6.23. The van der Waals surface area contributed by atoms with Gasteiger partial charge in [0.2, 0.25) is 0 Å². The molecule has 28 heavy (non-hydrogen) atoms. The number of piperidine rings is 1. The van der Waals surface area contributed by atoms with Crippen LogP contribution in [0.3, 0.4) is 0 Å². The quantitative estimate of drug-likeness (QED) is 0.539. The highest BCUT2D eigenvalue weighted by Gasteiger charge is 2.15. The zero-order chi connectivity index (χ0) is 19.5. The molecule has 5 heteroatoms. The van der Waals surface area contributed by atoms with E-state index in [0.717, 1.165) is 46.2 Å². The van der Waals surface area contributed by atoms with Crippen molar-refractivity contribution in [3.63, 3.8) is 0 Å². The van der Waals surface area contributed by atoms with Crippen LogP contribution >= 0.6 is 11.6 Å². The molecule has 0 amide bonds. The smallest absolute Gasteiger partial charge is 0.119 e. The van der Waals surface area contributed by atoms with Gasteiger partial charge in [-0.15, -0.1) is 0 Å². The van der Waals surface area contributed by atoms with Gasteiger partial charge in [0.1, 0.15) is 5.75 Å². The Balaban J connectivity index is 1.65. The van der Waals surface area contributed by atoms with Gasteiger partial charge >= 0.3 is 0 Å². The van der Waals surface area contributed by atoms with Crippen LogP contribution in [0.15, 0.2) is 36.4 Å². The van der Waals surface area contributed by atoms with Crippen LogP contribution in [0.4, 0.5) is 5.69 Å². The van der Waals surface area contributed by atoms with Crippen molar-refractivity contribution in [3.8, 4) is 5.75 Å². The molecule has 1 aliphatic rings. The molecule has 1 saturated heterocycles. The minimum absolute atomic E-state index is 0.359. The van der Waals surface area contributed by atoms with Gasteiger partial charge in [0.15, 0.2) is 0 Å². The number of fused-ring (bicyclic) bond motifs is 2. The first-order valence-corrected chi connectivity index (χ1v) is 10.6. The summed E-state index contributed by atoms with van der Waals surface area (Å²) >= 11 is 6.23. The van der Waals surface area contributed by atoms with Gasteiger partial charge in [0.25, 0.3) is 0 Å². The average molecular weight is 398 g/mol. The molecule has 4 nitrogen and oxygen atoms in total. The van der Waals surface area contributed by atoms with E-state index < -0.39 is 0 Å². The van der Waals surface area contributed by atoms with Crippen molar-refractivity contribution in [1.82, 2.24) is 9.88 Å². The van der Waals surface area contributed by atoms with Crippen LogP contribution in [0.2, 0.25) is 5.02 Å². The highest BCUT2D eigenvalue weighted by atomic mass is 35.5. The van der Waals surface area contributed by atoms with Gasteiger partial charge in [-0.3, -0.25) is 0 Å². The Morgan fingerprint density at radius 3 is 2.68 bits per heavy atom. The van der Waals surface area contributed by atoms with E-state index in [1.165, 1.54) is 32.4 Å². The molecule has 4 rings (SSSR count). The average Bonchev–Trinajstić information content (AvgIpc) is 2.72. The van der Waals surface area contributed by atoms with Gasteiger partial charge in [-0.05, 0) is 75.7 Å². The molecule has 1 aliphatic heterocycles. The Kier molecular flexibility index (Phi) is 5.88. The fourth-order valence-electron chi connectivity index (χ4n) is 4.06. The monoisotopic (exact) mass is 397 g/mol. The number of nitrogens with zero attached hydrogens (tertiary/aromatic N) is 2. The number of aromatic nitrogens is 1. The van der Waals surface area contributed by atoms with E-state index in [-0.39, 0.29) is 0 Å². The number of likely N-dealkylation sites (tertiary alicyclic amines) is 1. The van der Waals surface area contributed by atoms with E-state index in [4.69, 9.17) is 21.3 Å². The Bertz CT molecular complexity index is 969. The molecule has 0 saturated carbocycles. The molecule has 148 valence electrons. The van der Waals surface area contributed by atoms with E-state index in [0.29, 0.717) is 11.1 Å². The summed E-state index contributed by atoms with van der Waals surface area (Å²) in [7, 11) is 1.70. The Hall–Kier alpha value is -2.04. The molecular formula is C23H28ClN3O. The molecule has 0 aliphatic carbocycles. The summed E-state index contributed by atoms with van der Waals surface area (Å²) in [6.07, 6.45) is 5.16. The summed E-state index contributed by atoms with van der Waals surface area (Å²) in [6, 6.07) is 12.3. The van der Waals surface area contributed by atoms with Crippen LogP contribution in [0.25, 0.3) is 21.8 Å². The summed E-state index contributed by atoms with van der Waals surface area (Å²) in [5.74, 6) is 0.839. The van der Waals surface area contributed by atoms with Crippen molar-refractivity contribution in [1.29, 1.82) is 0 Å². The summed E-state index contributed by atoms with van der Waals surface area (Å²) in [5, 5.41) is 6.65. The summed E-state index contributed by atoms with van der Waals surface area (Å²) in [4.78, 5) is 7.40. The molecule has 2 aromatic carbocycles. The molecule has 1 fully saturated rings. The molecule has 3 aromatic rings. The van der Waals surface area contributed by atoms with Crippen LogP contribution in [0, 0.1) is 0 Å². The lowest BCUT2D eigenvalue weighted by molar-refractivity contribution is 0.224.